The number of aromatic nitrogens is 5. The molecule has 0 N–H and O–H groups in total. The van der Waals surface area contributed by atoms with Gasteiger partial charge in [-0.2, -0.15) is 9.61 Å². The van der Waals surface area contributed by atoms with Gasteiger partial charge >= 0.3 is 0 Å². The minimum Gasteiger partial charge on any atom is -0.283 e. The van der Waals surface area contributed by atoms with Gasteiger partial charge in [-0.3, -0.25) is 14.2 Å². The molecule has 0 aliphatic carbocycles. The van der Waals surface area contributed by atoms with Crippen LogP contribution in [0, 0.1) is 6.92 Å². The van der Waals surface area contributed by atoms with Gasteiger partial charge in [0.1, 0.15) is 5.01 Å². The van der Waals surface area contributed by atoms with E-state index in [0.29, 0.717) is 39.0 Å². The van der Waals surface area contributed by atoms with Crippen molar-refractivity contribution in [3.63, 3.8) is 0 Å². The molecule has 5 rings (SSSR count). The molecule has 5 aromatic rings. The van der Waals surface area contributed by atoms with Crippen LogP contribution in [0.1, 0.15) is 28.8 Å². The second-order valence-electron chi connectivity index (χ2n) is 7.71. The Bertz CT molecular complexity index is 1590. The summed E-state index contributed by atoms with van der Waals surface area (Å²) >= 11 is 2.83. The zero-order valence-corrected chi connectivity index (χ0v) is 19.8. The third-order valence-corrected chi connectivity index (χ3v) is 7.34. The molecule has 9 heteroatoms. The number of thioether (sulfide) groups is 1. The van der Waals surface area contributed by atoms with Crippen LogP contribution < -0.4 is 11.1 Å². The van der Waals surface area contributed by atoms with Gasteiger partial charge in [-0.25, -0.2) is 9.97 Å². The third kappa shape index (κ3) is 4.34. The summed E-state index contributed by atoms with van der Waals surface area (Å²) in [6.45, 7) is 4.45. The first-order valence-corrected chi connectivity index (χ1v) is 12.4. The van der Waals surface area contributed by atoms with E-state index in [1.165, 1.54) is 39.2 Å². The first-order chi connectivity index (χ1) is 16.0. The van der Waals surface area contributed by atoms with Gasteiger partial charge in [0.25, 0.3) is 11.1 Å². The molecular weight excluding hydrogens is 454 g/mol. The van der Waals surface area contributed by atoms with Crippen molar-refractivity contribution < 1.29 is 0 Å². The van der Waals surface area contributed by atoms with Crippen LogP contribution >= 0.6 is 23.1 Å². The third-order valence-electron chi connectivity index (χ3n) is 5.28. The summed E-state index contributed by atoms with van der Waals surface area (Å²) in [6, 6.07) is 17.0. The largest absolute Gasteiger partial charge is 0.283 e. The molecule has 0 fully saturated rings. The van der Waals surface area contributed by atoms with Gasteiger partial charge in [0.15, 0.2) is 5.16 Å². The predicted octanol–water partition coefficient (Wildman–Crippen LogP) is 4.07. The van der Waals surface area contributed by atoms with E-state index in [0.717, 1.165) is 17.0 Å². The molecule has 0 saturated heterocycles. The average molecular weight is 476 g/mol. The average Bonchev–Trinajstić information content (AvgIpc) is 3.25. The lowest BCUT2D eigenvalue weighted by Crippen LogP contribution is -2.24. The summed E-state index contributed by atoms with van der Waals surface area (Å²) in [5, 5.41) is 6.35. The van der Waals surface area contributed by atoms with Crippen molar-refractivity contribution in [1.82, 2.24) is 24.1 Å². The maximum atomic E-state index is 13.3. The van der Waals surface area contributed by atoms with Gasteiger partial charge in [-0.05, 0) is 31.0 Å². The molecule has 0 unspecified atom stereocenters. The topological polar surface area (TPSA) is 82.2 Å². The summed E-state index contributed by atoms with van der Waals surface area (Å²) < 4.78 is 3.05. The number of nitrogens with zero attached hydrogens (tertiary/aromatic N) is 5. The van der Waals surface area contributed by atoms with Crippen LogP contribution in [0.5, 0.6) is 0 Å². The van der Waals surface area contributed by atoms with E-state index < -0.39 is 0 Å². The van der Waals surface area contributed by atoms with Crippen LogP contribution in [0.4, 0.5) is 0 Å². The van der Waals surface area contributed by atoms with E-state index >= 15 is 0 Å². The summed E-state index contributed by atoms with van der Waals surface area (Å²) in [4.78, 5) is 35.8. The predicted molar refractivity (Wildman–Crippen MR) is 132 cm³/mol. The molecule has 2 aromatic carbocycles. The minimum absolute atomic E-state index is 0.0813. The molecule has 7 nitrogen and oxygen atoms in total. The van der Waals surface area contributed by atoms with Gasteiger partial charge in [0.2, 0.25) is 4.96 Å². The number of rotatable bonds is 6. The van der Waals surface area contributed by atoms with Crippen LogP contribution in [0.15, 0.2) is 69.3 Å². The van der Waals surface area contributed by atoms with Crippen LogP contribution in [0.2, 0.25) is 0 Å². The molecule has 0 saturated carbocycles. The van der Waals surface area contributed by atoms with Crippen molar-refractivity contribution in [2.75, 3.05) is 0 Å². The Morgan fingerprint density at radius 2 is 1.82 bits per heavy atom. The van der Waals surface area contributed by atoms with Gasteiger partial charge in [-0.15, -0.1) is 0 Å². The molecule has 166 valence electrons. The molecule has 0 bridgehead atoms. The van der Waals surface area contributed by atoms with Crippen molar-refractivity contribution in [2.24, 2.45) is 0 Å². The van der Waals surface area contributed by atoms with Gasteiger partial charge in [0, 0.05) is 11.8 Å². The highest BCUT2D eigenvalue weighted by molar-refractivity contribution is 7.98. The van der Waals surface area contributed by atoms with Gasteiger partial charge in [0.05, 0.1) is 23.1 Å². The standard InChI is InChI=1S/C24H21N5O2S2/c1-3-20-27-29-21(30)12-17(25-24(29)33-20)14-32-23-26-19-7-5-4-6-18(19)22(31)28(23)13-16-10-8-15(2)9-11-16/h4-12H,3,13-14H2,1-2H3. The summed E-state index contributed by atoms with van der Waals surface area (Å²) in [6.07, 6.45) is 0.754. The van der Waals surface area contributed by atoms with Crippen LogP contribution in [0.25, 0.3) is 15.9 Å². The van der Waals surface area contributed by atoms with E-state index in [4.69, 9.17) is 4.98 Å². The number of hydrogen-bond donors (Lipinski definition) is 0. The second kappa shape index (κ2) is 8.92. The van der Waals surface area contributed by atoms with Crippen molar-refractivity contribution in [2.45, 2.75) is 37.7 Å². The molecule has 3 aromatic heterocycles. The second-order valence-corrected chi connectivity index (χ2v) is 9.69. The normalized spacial score (nSPS) is 11.5. The molecule has 33 heavy (non-hydrogen) atoms. The van der Waals surface area contributed by atoms with E-state index in [1.807, 2.05) is 56.3 Å². The highest BCUT2D eigenvalue weighted by Gasteiger charge is 2.14. The number of fused-ring (bicyclic) bond motifs is 2. The van der Waals surface area contributed by atoms with Crippen molar-refractivity contribution >= 4 is 39.0 Å². The Labute approximate surface area is 197 Å². The minimum atomic E-state index is -0.199. The molecule has 0 aliphatic rings. The lowest BCUT2D eigenvalue weighted by atomic mass is 10.1. The van der Waals surface area contributed by atoms with Gasteiger partial charge < -0.3 is 0 Å². The Kier molecular flexibility index (Phi) is 5.82. The van der Waals surface area contributed by atoms with Crippen LogP contribution in [0.3, 0.4) is 0 Å². The highest BCUT2D eigenvalue weighted by Crippen LogP contribution is 2.23. The van der Waals surface area contributed by atoms with Crippen molar-refractivity contribution in [1.29, 1.82) is 0 Å². The molecular formula is C24H21N5O2S2. The summed E-state index contributed by atoms with van der Waals surface area (Å²) in [7, 11) is 0. The van der Waals surface area contributed by atoms with E-state index in [2.05, 4.69) is 10.1 Å². The first kappa shape index (κ1) is 21.5. The maximum absolute atomic E-state index is 13.3. The van der Waals surface area contributed by atoms with E-state index in [9.17, 15) is 9.59 Å². The van der Waals surface area contributed by atoms with Crippen LogP contribution in [-0.4, -0.2) is 24.1 Å². The van der Waals surface area contributed by atoms with Crippen LogP contribution in [-0.2, 0) is 18.7 Å². The monoisotopic (exact) mass is 475 g/mol. The highest BCUT2D eigenvalue weighted by atomic mass is 32.2. The lowest BCUT2D eigenvalue weighted by molar-refractivity contribution is 0.658. The summed E-state index contributed by atoms with van der Waals surface area (Å²) in [5.41, 5.74) is 3.21. The molecule has 0 aliphatic heterocycles. The summed E-state index contributed by atoms with van der Waals surface area (Å²) in [5.74, 6) is 0.420. The fraction of sp³-hybridized carbons (Fsp3) is 0.208. The zero-order valence-electron chi connectivity index (χ0n) is 18.2. The lowest BCUT2D eigenvalue weighted by Gasteiger charge is -2.13. The Balaban J connectivity index is 1.52. The molecule has 3 heterocycles. The van der Waals surface area contributed by atoms with Crippen molar-refractivity contribution in [3.8, 4) is 0 Å². The molecule has 0 radical (unpaired) electrons. The fourth-order valence-corrected chi connectivity index (χ4v) is 5.27. The molecule has 0 atom stereocenters. The number of benzene rings is 2. The fourth-order valence-electron chi connectivity index (χ4n) is 3.52. The van der Waals surface area contributed by atoms with E-state index in [-0.39, 0.29) is 11.1 Å². The zero-order chi connectivity index (χ0) is 22.9. The Hall–Kier alpha value is -3.30. The van der Waals surface area contributed by atoms with Crippen molar-refractivity contribution in [3.05, 3.63) is 97.1 Å². The molecule has 0 spiro atoms. The quantitative estimate of drug-likeness (QED) is 0.272. The van der Waals surface area contributed by atoms with E-state index in [1.54, 1.807) is 10.6 Å². The Morgan fingerprint density at radius 3 is 2.61 bits per heavy atom. The first-order valence-electron chi connectivity index (χ1n) is 10.6. The molecule has 0 amide bonds. The SMILES string of the molecule is CCc1nn2c(=O)cc(CSc3nc4ccccc4c(=O)n3Cc3ccc(C)cc3)nc2s1. The number of para-hydroxylation sites is 1. The number of aryl methyl sites for hydroxylation is 2. The number of hydrogen-bond acceptors (Lipinski definition) is 7. The van der Waals surface area contributed by atoms with Gasteiger partial charge in [-0.1, -0.05) is 72.0 Å². The smallest absolute Gasteiger partial charge is 0.275 e. The Morgan fingerprint density at radius 1 is 1.03 bits per heavy atom. The maximum Gasteiger partial charge on any atom is 0.275 e.